The summed E-state index contributed by atoms with van der Waals surface area (Å²) in [6.45, 7) is 1.84. The zero-order chi connectivity index (χ0) is 14.9. The smallest absolute Gasteiger partial charge is 0.340 e. The molecule has 0 aliphatic rings. The molecule has 0 aliphatic carbocycles. The van der Waals surface area contributed by atoms with Gasteiger partial charge in [0.2, 0.25) is 0 Å². The van der Waals surface area contributed by atoms with Gasteiger partial charge in [0.15, 0.2) is 0 Å². The van der Waals surface area contributed by atoms with E-state index in [-0.39, 0.29) is 5.69 Å². The van der Waals surface area contributed by atoms with Gasteiger partial charge in [-0.15, -0.1) is 11.3 Å². The standard InChI is InChI=1S/C13H9BrFNO3S/c1-6-5-9(20-11(6)14)12(17)16-8-4-2-3-7(15)10(8)13(18)19/h2-5H,1H3,(H,16,17)(H,18,19). The second kappa shape index (κ2) is 5.72. The number of amides is 1. The number of benzene rings is 1. The average molecular weight is 358 g/mol. The van der Waals surface area contributed by atoms with Gasteiger partial charge in [-0.05, 0) is 46.6 Å². The third-order valence-corrected chi connectivity index (χ3v) is 4.69. The molecule has 1 aromatic carbocycles. The van der Waals surface area contributed by atoms with Gasteiger partial charge in [-0.25, -0.2) is 9.18 Å². The molecule has 0 saturated carbocycles. The monoisotopic (exact) mass is 357 g/mol. The maximum Gasteiger partial charge on any atom is 0.340 e. The molecule has 1 heterocycles. The van der Waals surface area contributed by atoms with Crippen molar-refractivity contribution >= 4 is 44.8 Å². The van der Waals surface area contributed by atoms with Crippen LogP contribution in [0, 0.1) is 12.7 Å². The maximum atomic E-state index is 13.5. The molecule has 2 rings (SSSR count). The molecule has 7 heteroatoms. The summed E-state index contributed by atoms with van der Waals surface area (Å²) in [5, 5.41) is 11.4. The van der Waals surface area contributed by atoms with Gasteiger partial charge < -0.3 is 10.4 Å². The van der Waals surface area contributed by atoms with E-state index in [2.05, 4.69) is 21.2 Å². The highest BCUT2D eigenvalue weighted by Crippen LogP contribution is 2.28. The van der Waals surface area contributed by atoms with Crippen molar-refractivity contribution in [2.75, 3.05) is 5.32 Å². The van der Waals surface area contributed by atoms with E-state index < -0.39 is 23.3 Å². The van der Waals surface area contributed by atoms with Crippen LogP contribution in [0.4, 0.5) is 10.1 Å². The number of thiophene rings is 1. The van der Waals surface area contributed by atoms with Crippen LogP contribution < -0.4 is 5.32 Å². The zero-order valence-electron chi connectivity index (χ0n) is 10.2. The van der Waals surface area contributed by atoms with E-state index in [0.717, 1.165) is 15.4 Å². The van der Waals surface area contributed by atoms with Gasteiger partial charge in [0, 0.05) is 0 Å². The van der Waals surface area contributed by atoms with Crippen molar-refractivity contribution in [2.45, 2.75) is 6.92 Å². The quantitative estimate of drug-likeness (QED) is 0.874. The summed E-state index contributed by atoms with van der Waals surface area (Å²) < 4.78 is 14.3. The first-order valence-electron chi connectivity index (χ1n) is 5.49. The Morgan fingerprint density at radius 3 is 2.65 bits per heavy atom. The fourth-order valence-corrected chi connectivity index (χ4v) is 3.03. The Bertz CT molecular complexity index is 679. The van der Waals surface area contributed by atoms with Gasteiger partial charge in [0.25, 0.3) is 5.91 Å². The number of halogens is 2. The first kappa shape index (κ1) is 14.7. The van der Waals surface area contributed by atoms with Crippen molar-refractivity contribution in [1.82, 2.24) is 0 Å². The highest BCUT2D eigenvalue weighted by atomic mass is 79.9. The van der Waals surface area contributed by atoms with E-state index in [4.69, 9.17) is 5.11 Å². The minimum absolute atomic E-state index is 0.0651. The Morgan fingerprint density at radius 1 is 1.40 bits per heavy atom. The number of hydrogen-bond acceptors (Lipinski definition) is 3. The fourth-order valence-electron chi connectivity index (χ4n) is 1.60. The van der Waals surface area contributed by atoms with Crippen LogP contribution >= 0.6 is 27.3 Å². The van der Waals surface area contributed by atoms with Crippen LogP contribution in [0.3, 0.4) is 0 Å². The Hall–Kier alpha value is -1.73. The number of rotatable bonds is 3. The molecule has 0 radical (unpaired) electrons. The van der Waals surface area contributed by atoms with E-state index >= 15 is 0 Å². The number of carbonyl (C=O) groups excluding carboxylic acids is 1. The molecule has 1 aromatic heterocycles. The molecule has 2 aromatic rings. The van der Waals surface area contributed by atoms with Gasteiger partial charge >= 0.3 is 5.97 Å². The van der Waals surface area contributed by atoms with E-state index in [1.807, 2.05) is 6.92 Å². The van der Waals surface area contributed by atoms with Crippen LogP contribution in [0.5, 0.6) is 0 Å². The third-order valence-electron chi connectivity index (χ3n) is 2.56. The summed E-state index contributed by atoms with van der Waals surface area (Å²) in [4.78, 5) is 23.5. The summed E-state index contributed by atoms with van der Waals surface area (Å²) in [6, 6.07) is 5.39. The molecule has 20 heavy (non-hydrogen) atoms. The van der Waals surface area contributed by atoms with E-state index in [0.29, 0.717) is 4.88 Å². The molecular weight excluding hydrogens is 349 g/mol. The first-order chi connectivity index (χ1) is 9.40. The molecule has 104 valence electrons. The zero-order valence-corrected chi connectivity index (χ0v) is 12.6. The summed E-state index contributed by atoms with van der Waals surface area (Å²) in [5.41, 5.74) is 0.288. The van der Waals surface area contributed by atoms with Crippen molar-refractivity contribution < 1.29 is 19.1 Å². The van der Waals surface area contributed by atoms with Crippen LogP contribution in [0.1, 0.15) is 25.6 Å². The lowest BCUT2D eigenvalue weighted by molar-refractivity contribution is 0.0693. The number of aryl methyl sites for hydroxylation is 1. The lowest BCUT2D eigenvalue weighted by atomic mass is 10.1. The Morgan fingerprint density at radius 2 is 2.10 bits per heavy atom. The Balaban J connectivity index is 2.33. The van der Waals surface area contributed by atoms with Gasteiger partial charge in [-0.3, -0.25) is 4.79 Å². The SMILES string of the molecule is Cc1cc(C(=O)Nc2cccc(F)c2C(=O)O)sc1Br. The lowest BCUT2D eigenvalue weighted by Crippen LogP contribution is -2.14. The minimum Gasteiger partial charge on any atom is -0.478 e. The summed E-state index contributed by atoms with van der Waals surface area (Å²) in [6.07, 6.45) is 0. The predicted molar refractivity (Wildman–Crippen MR) is 78.1 cm³/mol. The van der Waals surface area contributed by atoms with Crippen molar-refractivity contribution in [3.63, 3.8) is 0 Å². The third kappa shape index (κ3) is 2.88. The number of carboxylic acids is 1. The van der Waals surface area contributed by atoms with Crippen molar-refractivity contribution in [3.05, 3.63) is 49.9 Å². The van der Waals surface area contributed by atoms with Crippen LogP contribution in [0.25, 0.3) is 0 Å². The molecule has 0 spiro atoms. The van der Waals surface area contributed by atoms with Crippen LogP contribution in [-0.2, 0) is 0 Å². The molecule has 2 N–H and O–H groups in total. The minimum atomic E-state index is -1.43. The van der Waals surface area contributed by atoms with Crippen LogP contribution in [-0.4, -0.2) is 17.0 Å². The van der Waals surface area contributed by atoms with Crippen molar-refractivity contribution in [3.8, 4) is 0 Å². The summed E-state index contributed by atoms with van der Waals surface area (Å²) >= 11 is 4.53. The molecule has 0 saturated heterocycles. The highest BCUT2D eigenvalue weighted by molar-refractivity contribution is 9.11. The van der Waals surface area contributed by atoms with E-state index in [9.17, 15) is 14.0 Å². The fraction of sp³-hybridized carbons (Fsp3) is 0.0769. The van der Waals surface area contributed by atoms with Crippen molar-refractivity contribution in [1.29, 1.82) is 0 Å². The van der Waals surface area contributed by atoms with E-state index in [1.165, 1.54) is 23.5 Å². The molecule has 1 amide bonds. The van der Waals surface area contributed by atoms with E-state index in [1.54, 1.807) is 6.07 Å². The van der Waals surface area contributed by atoms with Crippen LogP contribution in [0.2, 0.25) is 0 Å². The Kier molecular flexibility index (Phi) is 4.20. The van der Waals surface area contributed by atoms with Crippen LogP contribution in [0.15, 0.2) is 28.1 Å². The number of hydrogen-bond donors (Lipinski definition) is 2. The maximum absolute atomic E-state index is 13.5. The molecule has 0 aliphatic heterocycles. The predicted octanol–water partition coefficient (Wildman–Crippen LogP) is 3.91. The highest BCUT2D eigenvalue weighted by Gasteiger charge is 2.19. The largest absolute Gasteiger partial charge is 0.478 e. The van der Waals surface area contributed by atoms with Gasteiger partial charge in [-0.1, -0.05) is 6.07 Å². The normalized spacial score (nSPS) is 10.3. The molecular formula is C13H9BrFNO3S. The first-order valence-corrected chi connectivity index (χ1v) is 7.10. The molecule has 0 fully saturated rings. The van der Waals surface area contributed by atoms with Crippen molar-refractivity contribution in [2.24, 2.45) is 0 Å². The summed E-state index contributed by atoms with van der Waals surface area (Å²) in [7, 11) is 0. The molecule has 0 unspecified atom stereocenters. The van der Waals surface area contributed by atoms with Gasteiger partial charge in [-0.2, -0.15) is 0 Å². The number of carbonyl (C=O) groups is 2. The number of aromatic carboxylic acids is 1. The second-order valence-electron chi connectivity index (χ2n) is 3.99. The average Bonchev–Trinajstić information content (AvgIpc) is 2.69. The number of carboxylic acid groups (broad SMARTS) is 1. The molecule has 4 nitrogen and oxygen atoms in total. The lowest BCUT2D eigenvalue weighted by Gasteiger charge is -2.07. The second-order valence-corrected chi connectivity index (χ2v) is 6.36. The molecule has 0 bridgehead atoms. The number of nitrogens with one attached hydrogen (secondary N) is 1. The van der Waals surface area contributed by atoms with Gasteiger partial charge in [0.05, 0.1) is 14.4 Å². The molecule has 0 atom stereocenters. The Labute approximate surface area is 126 Å². The van der Waals surface area contributed by atoms with Gasteiger partial charge in [0.1, 0.15) is 11.4 Å². The topological polar surface area (TPSA) is 66.4 Å². The number of anilines is 1. The summed E-state index contributed by atoms with van der Waals surface area (Å²) in [5.74, 6) is -2.79.